The second-order valence-corrected chi connectivity index (χ2v) is 8.61. The van der Waals surface area contributed by atoms with E-state index in [1.807, 2.05) is 54.6 Å². The Hall–Kier alpha value is -2.80. The predicted octanol–water partition coefficient (Wildman–Crippen LogP) is 4.73. The molecule has 1 fully saturated rings. The number of rotatable bonds is 5. The van der Waals surface area contributed by atoms with E-state index in [1.54, 1.807) is 17.9 Å². The van der Waals surface area contributed by atoms with Crippen molar-refractivity contribution in [2.45, 2.75) is 6.10 Å². The first-order valence-corrected chi connectivity index (χ1v) is 10.8. The van der Waals surface area contributed by atoms with Crippen LogP contribution in [0.1, 0.15) is 0 Å². The normalized spacial score (nSPS) is 13.9. The van der Waals surface area contributed by atoms with E-state index in [-0.39, 0.29) is 11.7 Å². The Kier molecular flexibility index (Phi) is 4.98. The zero-order valence-corrected chi connectivity index (χ0v) is 17.8. The fraction of sp³-hybridized carbons (Fsp3) is 0.174. The van der Waals surface area contributed by atoms with Gasteiger partial charge in [0.2, 0.25) is 0 Å². The second-order valence-electron chi connectivity index (χ2n) is 7.13. The van der Waals surface area contributed by atoms with Crippen LogP contribution in [0.3, 0.4) is 0 Å². The molecule has 1 N–H and O–H groups in total. The highest BCUT2D eigenvalue weighted by Crippen LogP contribution is 2.34. The minimum Gasteiger partial charge on any atom is -0.493 e. The molecule has 0 spiro atoms. The number of hydrogen-bond acceptors (Lipinski definition) is 5. The van der Waals surface area contributed by atoms with Crippen LogP contribution in [-0.2, 0) is 0 Å². The maximum absolute atomic E-state index is 13.2. The van der Waals surface area contributed by atoms with Crippen molar-refractivity contribution in [1.82, 2.24) is 9.88 Å². The number of halogens is 1. The topological polar surface area (TPSA) is 52.5 Å². The molecule has 1 aliphatic rings. The molecular formula is C23H19ClN2O3S. The summed E-state index contributed by atoms with van der Waals surface area (Å²) < 4.78 is 13.8. The van der Waals surface area contributed by atoms with E-state index in [0.717, 1.165) is 34.6 Å². The van der Waals surface area contributed by atoms with Crippen molar-refractivity contribution in [1.29, 1.82) is 0 Å². The number of nitrogens with one attached hydrogen (secondary N) is 1. The molecule has 7 heteroatoms. The van der Waals surface area contributed by atoms with Crippen LogP contribution in [0.2, 0.25) is 5.02 Å². The lowest BCUT2D eigenvalue weighted by molar-refractivity contribution is 0.137. The molecule has 152 valence electrons. The van der Waals surface area contributed by atoms with Crippen LogP contribution in [0.25, 0.3) is 26.2 Å². The largest absolute Gasteiger partial charge is 0.493 e. The zero-order valence-electron chi connectivity index (χ0n) is 16.2. The summed E-state index contributed by atoms with van der Waals surface area (Å²) >= 11 is 7.48. The van der Waals surface area contributed by atoms with Gasteiger partial charge in [0.25, 0.3) is 5.56 Å². The molecule has 5 rings (SSSR count). The Morgan fingerprint density at radius 3 is 2.57 bits per heavy atom. The fourth-order valence-electron chi connectivity index (χ4n) is 3.42. The molecule has 3 heterocycles. The van der Waals surface area contributed by atoms with E-state index >= 15 is 0 Å². The Labute approximate surface area is 182 Å². The maximum Gasteiger partial charge on any atom is 0.273 e. The molecule has 0 bridgehead atoms. The third-order valence-electron chi connectivity index (χ3n) is 5.17. The van der Waals surface area contributed by atoms with Crippen LogP contribution in [0.15, 0.2) is 65.6 Å². The molecule has 0 amide bonds. The van der Waals surface area contributed by atoms with Crippen LogP contribution >= 0.6 is 22.9 Å². The Morgan fingerprint density at radius 1 is 1.07 bits per heavy atom. The van der Waals surface area contributed by atoms with Crippen molar-refractivity contribution in [2.75, 3.05) is 20.2 Å². The number of pyridine rings is 1. The summed E-state index contributed by atoms with van der Waals surface area (Å²) in [5.74, 6) is 1.29. The number of fused-ring (bicyclic) bond motifs is 1. The van der Waals surface area contributed by atoms with Gasteiger partial charge in [0.1, 0.15) is 10.8 Å². The molecule has 2 aromatic heterocycles. The van der Waals surface area contributed by atoms with Crippen LogP contribution in [0, 0.1) is 0 Å². The van der Waals surface area contributed by atoms with Gasteiger partial charge < -0.3 is 14.8 Å². The summed E-state index contributed by atoms with van der Waals surface area (Å²) in [5.41, 5.74) is 1.72. The van der Waals surface area contributed by atoms with Crippen LogP contribution in [0.4, 0.5) is 0 Å². The van der Waals surface area contributed by atoms with Crippen molar-refractivity contribution < 1.29 is 9.47 Å². The van der Waals surface area contributed by atoms with E-state index in [9.17, 15) is 4.79 Å². The second kappa shape index (κ2) is 7.80. The molecule has 0 unspecified atom stereocenters. The minimum atomic E-state index is -0.0587. The molecule has 0 aliphatic carbocycles. The minimum absolute atomic E-state index is 0.0587. The molecule has 30 heavy (non-hydrogen) atoms. The lowest BCUT2D eigenvalue weighted by Gasteiger charge is -2.28. The zero-order chi connectivity index (χ0) is 20.7. The first-order chi connectivity index (χ1) is 14.6. The number of ether oxygens (including phenoxy) is 2. The van der Waals surface area contributed by atoms with Crippen molar-refractivity contribution in [3.05, 3.63) is 76.2 Å². The third-order valence-corrected chi connectivity index (χ3v) is 6.61. The molecule has 5 nitrogen and oxygen atoms in total. The Balaban J connectivity index is 1.53. The molecule has 4 aromatic rings. The maximum atomic E-state index is 13.2. The van der Waals surface area contributed by atoms with E-state index < -0.39 is 0 Å². The van der Waals surface area contributed by atoms with Crippen LogP contribution < -0.4 is 20.3 Å². The molecule has 0 atom stereocenters. The lowest BCUT2D eigenvalue weighted by Crippen LogP contribution is -2.50. The highest BCUT2D eigenvalue weighted by atomic mass is 35.5. The van der Waals surface area contributed by atoms with Gasteiger partial charge in [-0.1, -0.05) is 23.7 Å². The van der Waals surface area contributed by atoms with E-state index in [0.29, 0.717) is 21.2 Å². The number of hydrogen-bond donors (Lipinski definition) is 1. The first-order valence-electron chi connectivity index (χ1n) is 9.59. The average molecular weight is 439 g/mol. The van der Waals surface area contributed by atoms with E-state index in [4.69, 9.17) is 21.1 Å². The predicted molar refractivity (Wildman–Crippen MR) is 122 cm³/mol. The Bertz CT molecular complexity index is 1280. The number of aromatic nitrogens is 1. The van der Waals surface area contributed by atoms with E-state index in [2.05, 4.69) is 5.32 Å². The summed E-state index contributed by atoms with van der Waals surface area (Å²) in [6.45, 7) is 1.66. The number of benzene rings is 2. The van der Waals surface area contributed by atoms with Gasteiger partial charge >= 0.3 is 0 Å². The van der Waals surface area contributed by atoms with Crippen molar-refractivity contribution in [2.24, 2.45) is 0 Å². The summed E-state index contributed by atoms with van der Waals surface area (Å²) in [5, 5.41) is 4.80. The highest BCUT2D eigenvalue weighted by Gasteiger charge is 2.20. The van der Waals surface area contributed by atoms with Gasteiger partial charge in [-0.2, -0.15) is 0 Å². The summed E-state index contributed by atoms with van der Waals surface area (Å²) in [6.07, 6.45) is 1.95. The standard InChI is InChI=1S/C23H19ClN2O3S/c1-28-20-11-17(6-7-19(20)29-18-12-25-13-18)26-9-8-15-10-21(30-22(15)23(26)27)14-2-4-16(24)5-3-14/h2-11,18,25H,12-13H2,1H3. The molecule has 0 saturated carbocycles. The van der Waals surface area contributed by atoms with Gasteiger partial charge in [0, 0.05) is 40.6 Å². The molecule has 2 aromatic carbocycles. The molecule has 0 radical (unpaired) electrons. The van der Waals surface area contributed by atoms with Gasteiger partial charge in [-0.25, -0.2) is 0 Å². The van der Waals surface area contributed by atoms with Gasteiger partial charge in [0.05, 0.1) is 12.8 Å². The van der Waals surface area contributed by atoms with Crippen molar-refractivity contribution in [3.8, 4) is 27.6 Å². The highest BCUT2D eigenvalue weighted by molar-refractivity contribution is 7.22. The summed E-state index contributed by atoms with van der Waals surface area (Å²) in [6, 6.07) is 17.2. The quantitative estimate of drug-likeness (QED) is 0.489. The van der Waals surface area contributed by atoms with Gasteiger partial charge in [0.15, 0.2) is 11.5 Å². The van der Waals surface area contributed by atoms with Gasteiger partial charge in [-0.15, -0.1) is 11.3 Å². The number of methoxy groups -OCH3 is 1. The molecule has 1 saturated heterocycles. The van der Waals surface area contributed by atoms with Crippen molar-refractivity contribution in [3.63, 3.8) is 0 Å². The first kappa shape index (κ1) is 19.2. The average Bonchev–Trinajstić information content (AvgIpc) is 3.17. The number of thiophene rings is 1. The number of nitrogens with zero attached hydrogens (tertiary/aromatic N) is 1. The SMILES string of the molecule is COc1cc(-n2ccc3cc(-c4ccc(Cl)cc4)sc3c2=O)ccc1OC1CNC1. The van der Waals surface area contributed by atoms with E-state index in [1.165, 1.54) is 11.3 Å². The molecule has 1 aliphatic heterocycles. The fourth-order valence-corrected chi connectivity index (χ4v) is 4.63. The summed E-state index contributed by atoms with van der Waals surface area (Å²) in [4.78, 5) is 14.3. The third kappa shape index (κ3) is 3.47. The summed E-state index contributed by atoms with van der Waals surface area (Å²) in [7, 11) is 1.61. The van der Waals surface area contributed by atoms with Gasteiger partial charge in [-0.3, -0.25) is 9.36 Å². The monoisotopic (exact) mass is 438 g/mol. The lowest BCUT2D eigenvalue weighted by atomic mass is 10.2. The van der Waals surface area contributed by atoms with Crippen molar-refractivity contribution >= 4 is 33.0 Å². The smallest absolute Gasteiger partial charge is 0.273 e. The van der Waals surface area contributed by atoms with Gasteiger partial charge in [-0.05, 0) is 42.0 Å². The Morgan fingerprint density at radius 2 is 1.87 bits per heavy atom. The van der Waals surface area contributed by atoms with Crippen LogP contribution in [-0.4, -0.2) is 30.9 Å². The van der Waals surface area contributed by atoms with Crippen LogP contribution in [0.5, 0.6) is 11.5 Å². The molecular weight excluding hydrogens is 420 g/mol.